The van der Waals surface area contributed by atoms with Crippen LogP contribution in [0.3, 0.4) is 0 Å². The van der Waals surface area contributed by atoms with E-state index in [-0.39, 0.29) is 17.6 Å². The van der Waals surface area contributed by atoms with Crippen LogP contribution < -0.4 is 5.32 Å². The van der Waals surface area contributed by atoms with Crippen LogP contribution in [0.2, 0.25) is 0 Å². The summed E-state index contributed by atoms with van der Waals surface area (Å²) in [4.78, 5) is 14.3. The molecule has 0 bridgehead atoms. The number of hydrogen-bond acceptors (Lipinski definition) is 2. The Bertz CT molecular complexity index is 252. The molecule has 0 saturated carbocycles. The number of nitrogens with zero attached hydrogens (tertiary/aromatic N) is 1. The zero-order chi connectivity index (χ0) is 12.3. The van der Waals surface area contributed by atoms with Gasteiger partial charge in [0, 0.05) is 6.54 Å². The third kappa shape index (κ3) is 2.57. The fraction of sp³-hybridized carbons (Fsp3) is 0.923. The van der Waals surface area contributed by atoms with Crippen molar-refractivity contribution in [2.24, 2.45) is 5.92 Å². The molecule has 1 N–H and O–H groups in total. The van der Waals surface area contributed by atoms with Crippen molar-refractivity contribution < 1.29 is 4.79 Å². The molecule has 1 fully saturated rings. The number of hydrogen-bond donors (Lipinski definition) is 1. The van der Waals surface area contributed by atoms with E-state index in [1.807, 2.05) is 11.8 Å². The van der Waals surface area contributed by atoms with E-state index >= 15 is 0 Å². The standard InChI is InChI=1S/C13H26N2O/c1-6-8-15-11(9-10(3)4)14-13(5,7-2)12(15)16/h10-11,14H,6-9H2,1-5H3. The van der Waals surface area contributed by atoms with Gasteiger partial charge in [-0.05, 0) is 32.1 Å². The lowest BCUT2D eigenvalue weighted by Crippen LogP contribution is -2.44. The first kappa shape index (κ1) is 13.5. The van der Waals surface area contributed by atoms with E-state index in [4.69, 9.17) is 0 Å². The predicted molar refractivity (Wildman–Crippen MR) is 67.1 cm³/mol. The molecule has 1 aliphatic rings. The molecule has 0 spiro atoms. The summed E-state index contributed by atoms with van der Waals surface area (Å²) in [5, 5.41) is 3.51. The second-order valence-corrected chi connectivity index (χ2v) is 5.47. The van der Waals surface area contributed by atoms with Crippen LogP contribution in [0.25, 0.3) is 0 Å². The first-order valence-electron chi connectivity index (χ1n) is 6.53. The Labute approximate surface area is 99.6 Å². The van der Waals surface area contributed by atoms with Gasteiger partial charge in [0.05, 0.1) is 11.7 Å². The molecule has 0 aromatic carbocycles. The quantitative estimate of drug-likeness (QED) is 0.780. The van der Waals surface area contributed by atoms with E-state index in [0.29, 0.717) is 5.92 Å². The van der Waals surface area contributed by atoms with Crippen LogP contribution in [0.15, 0.2) is 0 Å². The number of rotatable bonds is 5. The third-order valence-electron chi connectivity index (χ3n) is 3.46. The second-order valence-electron chi connectivity index (χ2n) is 5.47. The summed E-state index contributed by atoms with van der Waals surface area (Å²) in [5.41, 5.74) is -0.339. The van der Waals surface area contributed by atoms with E-state index < -0.39 is 0 Å². The summed E-state index contributed by atoms with van der Waals surface area (Å²) in [7, 11) is 0. The van der Waals surface area contributed by atoms with Crippen molar-refractivity contribution in [3.05, 3.63) is 0 Å². The molecule has 2 atom stereocenters. The lowest BCUT2D eigenvalue weighted by atomic mass is 9.99. The molecule has 1 heterocycles. The van der Waals surface area contributed by atoms with Gasteiger partial charge in [0.2, 0.25) is 5.91 Å². The van der Waals surface area contributed by atoms with Crippen LogP contribution in [0.4, 0.5) is 0 Å². The summed E-state index contributed by atoms with van der Waals surface area (Å²) in [5.74, 6) is 0.895. The average molecular weight is 226 g/mol. The Morgan fingerprint density at radius 3 is 2.50 bits per heavy atom. The van der Waals surface area contributed by atoms with Crippen LogP contribution in [-0.4, -0.2) is 29.1 Å². The van der Waals surface area contributed by atoms with Gasteiger partial charge in [0.15, 0.2) is 0 Å². The summed E-state index contributed by atoms with van der Waals surface area (Å²) in [6.07, 6.45) is 3.17. The summed E-state index contributed by atoms with van der Waals surface area (Å²) < 4.78 is 0. The summed E-state index contributed by atoms with van der Waals surface area (Å²) >= 11 is 0. The Kier molecular flexibility index (Phi) is 4.36. The average Bonchev–Trinajstić information content (AvgIpc) is 2.43. The zero-order valence-corrected chi connectivity index (χ0v) is 11.3. The highest BCUT2D eigenvalue weighted by Crippen LogP contribution is 2.26. The molecule has 94 valence electrons. The van der Waals surface area contributed by atoms with Gasteiger partial charge in [0.1, 0.15) is 0 Å². The largest absolute Gasteiger partial charge is 0.326 e. The van der Waals surface area contributed by atoms with Crippen molar-refractivity contribution >= 4 is 5.91 Å². The molecule has 3 heteroatoms. The van der Waals surface area contributed by atoms with E-state index in [1.165, 1.54) is 0 Å². The van der Waals surface area contributed by atoms with Gasteiger partial charge in [0.25, 0.3) is 0 Å². The predicted octanol–water partition coefficient (Wildman–Crippen LogP) is 2.37. The monoisotopic (exact) mass is 226 g/mol. The topological polar surface area (TPSA) is 32.3 Å². The van der Waals surface area contributed by atoms with E-state index in [9.17, 15) is 4.79 Å². The van der Waals surface area contributed by atoms with Crippen molar-refractivity contribution in [2.45, 2.75) is 65.6 Å². The summed E-state index contributed by atoms with van der Waals surface area (Å²) in [6, 6.07) is 0. The Balaban J connectivity index is 2.79. The molecule has 0 aliphatic carbocycles. The minimum atomic E-state index is -0.339. The van der Waals surface area contributed by atoms with Crippen molar-refractivity contribution in [1.29, 1.82) is 0 Å². The van der Waals surface area contributed by atoms with Gasteiger partial charge in [-0.15, -0.1) is 0 Å². The van der Waals surface area contributed by atoms with E-state index in [1.54, 1.807) is 0 Å². The van der Waals surface area contributed by atoms with Crippen LogP contribution >= 0.6 is 0 Å². The van der Waals surface area contributed by atoms with Gasteiger partial charge in [-0.2, -0.15) is 0 Å². The van der Waals surface area contributed by atoms with Gasteiger partial charge < -0.3 is 4.90 Å². The molecule has 0 aromatic rings. The first-order valence-corrected chi connectivity index (χ1v) is 6.53. The molecule has 1 saturated heterocycles. The fourth-order valence-electron chi connectivity index (χ4n) is 2.35. The first-order chi connectivity index (χ1) is 7.44. The van der Waals surface area contributed by atoms with Gasteiger partial charge >= 0.3 is 0 Å². The SMILES string of the molecule is CCCN1C(=O)C(C)(CC)NC1CC(C)C. The van der Waals surface area contributed by atoms with Crippen LogP contribution in [-0.2, 0) is 4.79 Å². The van der Waals surface area contributed by atoms with Crippen LogP contribution in [0, 0.1) is 5.92 Å². The highest BCUT2D eigenvalue weighted by Gasteiger charge is 2.45. The second kappa shape index (κ2) is 5.17. The molecule has 2 unspecified atom stereocenters. The number of nitrogens with one attached hydrogen (secondary N) is 1. The zero-order valence-electron chi connectivity index (χ0n) is 11.3. The number of amides is 1. The smallest absolute Gasteiger partial charge is 0.243 e. The minimum Gasteiger partial charge on any atom is -0.326 e. The fourth-order valence-corrected chi connectivity index (χ4v) is 2.35. The lowest BCUT2D eigenvalue weighted by molar-refractivity contribution is -0.133. The summed E-state index contributed by atoms with van der Waals surface area (Å²) in [6.45, 7) is 11.5. The molecule has 0 aromatic heterocycles. The molecule has 3 nitrogen and oxygen atoms in total. The Hall–Kier alpha value is -0.570. The minimum absolute atomic E-state index is 0.234. The molecule has 0 radical (unpaired) electrons. The highest BCUT2D eigenvalue weighted by atomic mass is 16.2. The van der Waals surface area contributed by atoms with Gasteiger partial charge in [-0.25, -0.2) is 0 Å². The number of carbonyl (C=O) groups is 1. The van der Waals surface area contributed by atoms with Gasteiger partial charge in [-0.3, -0.25) is 10.1 Å². The third-order valence-corrected chi connectivity index (χ3v) is 3.46. The maximum atomic E-state index is 12.3. The van der Waals surface area contributed by atoms with Crippen LogP contribution in [0.1, 0.15) is 53.9 Å². The normalized spacial score (nSPS) is 30.5. The molecular weight excluding hydrogens is 200 g/mol. The van der Waals surface area contributed by atoms with Crippen molar-refractivity contribution in [3.63, 3.8) is 0 Å². The van der Waals surface area contributed by atoms with Crippen molar-refractivity contribution in [1.82, 2.24) is 10.2 Å². The van der Waals surface area contributed by atoms with Crippen LogP contribution in [0.5, 0.6) is 0 Å². The highest BCUT2D eigenvalue weighted by molar-refractivity contribution is 5.88. The van der Waals surface area contributed by atoms with E-state index in [0.717, 1.165) is 25.8 Å². The number of carbonyl (C=O) groups excluding carboxylic acids is 1. The van der Waals surface area contributed by atoms with E-state index in [2.05, 4.69) is 33.0 Å². The van der Waals surface area contributed by atoms with Crippen molar-refractivity contribution in [3.8, 4) is 0 Å². The van der Waals surface area contributed by atoms with Gasteiger partial charge in [-0.1, -0.05) is 27.7 Å². The molecule has 16 heavy (non-hydrogen) atoms. The molecule has 1 amide bonds. The van der Waals surface area contributed by atoms with Crippen molar-refractivity contribution in [2.75, 3.05) is 6.54 Å². The molecule has 1 rings (SSSR count). The maximum absolute atomic E-state index is 12.3. The molecular formula is C13H26N2O. The molecule has 1 aliphatic heterocycles. The Morgan fingerprint density at radius 1 is 1.44 bits per heavy atom. The maximum Gasteiger partial charge on any atom is 0.243 e. The Morgan fingerprint density at radius 2 is 2.06 bits per heavy atom. The lowest BCUT2D eigenvalue weighted by Gasteiger charge is -2.24.